The maximum Gasteiger partial charge on any atom is 0.115 e. The summed E-state index contributed by atoms with van der Waals surface area (Å²) in [5.41, 5.74) is 1.27. The van der Waals surface area contributed by atoms with E-state index in [2.05, 4.69) is 5.32 Å². The molecule has 66 valence electrons. The van der Waals surface area contributed by atoms with Crippen LogP contribution in [0.3, 0.4) is 0 Å². The van der Waals surface area contributed by atoms with E-state index in [9.17, 15) is 0 Å². The first kappa shape index (κ1) is 9.36. The van der Waals surface area contributed by atoms with Gasteiger partial charge in [0.15, 0.2) is 0 Å². The standard InChI is InChI=1S/C9H11NO.ClH/c11-8-3-1-7(2-4-8)9-5-6-10-9;/h1-4,9-11H,5-6H2;1H/t9-;/m0./s1. The molecule has 2 N–H and O–H groups in total. The largest absolute Gasteiger partial charge is 0.508 e. The van der Waals surface area contributed by atoms with Crippen LogP contribution in [0, 0.1) is 0 Å². The molecule has 12 heavy (non-hydrogen) atoms. The minimum atomic E-state index is 0. The molecule has 1 saturated heterocycles. The molecule has 0 bridgehead atoms. The summed E-state index contributed by atoms with van der Waals surface area (Å²) in [6, 6.07) is 7.92. The van der Waals surface area contributed by atoms with E-state index in [-0.39, 0.29) is 12.4 Å². The molecule has 1 heterocycles. The molecule has 1 aliphatic rings. The van der Waals surface area contributed by atoms with Gasteiger partial charge in [-0.2, -0.15) is 0 Å². The fourth-order valence-corrected chi connectivity index (χ4v) is 1.28. The van der Waals surface area contributed by atoms with Gasteiger partial charge in [-0.15, -0.1) is 12.4 Å². The van der Waals surface area contributed by atoms with Crippen LogP contribution in [-0.2, 0) is 0 Å². The van der Waals surface area contributed by atoms with Crippen molar-refractivity contribution in [1.29, 1.82) is 0 Å². The van der Waals surface area contributed by atoms with Crippen molar-refractivity contribution in [1.82, 2.24) is 5.32 Å². The molecular weight excluding hydrogens is 174 g/mol. The van der Waals surface area contributed by atoms with Crippen molar-refractivity contribution >= 4 is 12.4 Å². The Morgan fingerprint density at radius 2 is 1.83 bits per heavy atom. The van der Waals surface area contributed by atoms with Crippen molar-refractivity contribution in [2.45, 2.75) is 12.5 Å². The molecule has 1 aliphatic heterocycles. The fourth-order valence-electron chi connectivity index (χ4n) is 1.28. The second-order valence-electron chi connectivity index (χ2n) is 2.89. The summed E-state index contributed by atoms with van der Waals surface area (Å²) in [5, 5.41) is 12.3. The highest BCUT2D eigenvalue weighted by Gasteiger charge is 2.17. The minimum absolute atomic E-state index is 0. The Morgan fingerprint density at radius 3 is 2.25 bits per heavy atom. The first-order chi connectivity index (χ1) is 5.36. The van der Waals surface area contributed by atoms with E-state index < -0.39 is 0 Å². The van der Waals surface area contributed by atoms with Crippen molar-refractivity contribution < 1.29 is 5.11 Å². The zero-order valence-electron chi connectivity index (χ0n) is 6.66. The quantitative estimate of drug-likeness (QED) is 0.700. The van der Waals surface area contributed by atoms with Crippen molar-refractivity contribution in [3.05, 3.63) is 29.8 Å². The molecule has 1 aromatic rings. The van der Waals surface area contributed by atoms with E-state index in [0.29, 0.717) is 11.8 Å². The van der Waals surface area contributed by atoms with Crippen molar-refractivity contribution in [2.24, 2.45) is 0 Å². The van der Waals surface area contributed by atoms with Gasteiger partial charge in [0.25, 0.3) is 0 Å². The Kier molecular flexibility index (Phi) is 2.95. The molecule has 1 atom stereocenters. The second kappa shape index (κ2) is 3.78. The minimum Gasteiger partial charge on any atom is -0.508 e. The molecule has 0 spiro atoms. The van der Waals surface area contributed by atoms with Gasteiger partial charge in [0.05, 0.1) is 0 Å². The summed E-state index contributed by atoms with van der Waals surface area (Å²) in [4.78, 5) is 0. The molecule has 2 rings (SSSR count). The van der Waals surface area contributed by atoms with Gasteiger partial charge < -0.3 is 10.4 Å². The highest BCUT2D eigenvalue weighted by Crippen LogP contribution is 2.23. The number of rotatable bonds is 1. The monoisotopic (exact) mass is 185 g/mol. The molecule has 1 fully saturated rings. The van der Waals surface area contributed by atoms with Gasteiger partial charge in [0, 0.05) is 6.04 Å². The highest BCUT2D eigenvalue weighted by molar-refractivity contribution is 5.85. The SMILES string of the molecule is Cl.Oc1ccc([C@@H]2CCN2)cc1. The summed E-state index contributed by atoms with van der Waals surface area (Å²) in [6.07, 6.45) is 1.21. The number of aromatic hydroxyl groups is 1. The third-order valence-corrected chi connectivity index (χ3v) is 2.12. The third kappa shape index (κ3) is 1.71. The van der Waals surface area contributed by atoms with E-state index in [4.69, 9.17) is 5.11 Å². The average molecular weight is 186 g/mol. The van der Waals surface area contributed by atoms with Crippen LogP contribution in [0.2, 0.25) is 0 Å². The first-order valence-corrected chi connectivity index (χ1v) is 3.88. The van der Waals surface area contributed by atoms with Crippen LogP contribution in [0.15, 0.2) is 24.3 Å². The van der Waals surface area contributed by atoms with Crippen LogP contribution in [0.1, 0.15) is 18.0 Å². The fraction of sp³-hybridized carbons (Fsp3) is 0.333. The molecule has 1 aromatic carbocycles. The Bertz CT molecular complexity index is 243. The molecule has 0 radical (unpaired) electrons. The lowest BCUT2D eigenvalue weighted by molar-refractivity contribution is 0.382. The smallest absolute Gasteiger partial charge is 0.115 e. The molecule has 3 heteroatoms. The zero-order chi connectivity index (χ0) is 7.68. The van der Waals surface area contributed by atoms with Gasteiger partial charge in [0.2, 0.25) is 0 Å². The average Bonchev–Trinajstić information content (AvgIpc) is 1.90. The Labute approximate surface area is 78.0 Å². The van der Waals surface area contributed by atoms with E-state index in [1.54, 1.807) is 12.1 Å². The van der Waals surface area contributed by atoms with Gasteiger partial charge in [-0.3, -0.25) is 0 Å². The summed E-state index contributed by atoms with van der Waals surface area (Å²) in [6.45, 7) is 1.12. The molecular formula is C9H12ClNO. The first-order valence-electron chi connectivity index (χ1n) is 3.88. The summed E-state index contributed by atoms with van der Waals surface area (Å²) in [7, 11) is 0. The number of benzene rings is 1. The summed E-state index contributed by atoms with van der Waals surface area (Å²) in [5.74, 6) is 0.341. The van der Waals surface area contributed by atoms with Crippen molar-refractivity contribution in [3.8, 4) is 5.75 Å². The predicted molar refractivity (Wildman–Crippen MR) is 50.7 cm³/mol. The van der Waals surface area contributed by atoms with E-state index in [1.165, 1.54) is 12.0 Å². The molecule has 2 nitrogen and oxygen atoms in total. The van der Waals surface area contributed by atoms with Gasteiger partial charge in [-0.1, -0.05) is 12.1 Å². The lowest BCUT2D eigenvalue weighted by atomic mass is 9.98. The maximum absolute atomic E-state index is 9.01. The van der Waals surface area contributed by atoms with Gasteiger partial charge in [0.1, 0.15) is 5.75 Å². The Balaban J connectivity index is 0.000000720. The van der Waals surface area contributed by atoms with Crippen LogP contribution in [-0.4, -0.2) is 11.7 Å². The molecule has 0 amide bonds. The number of phenols is 1. The lowest BCUT2D eigenvalue weighted by Crippen LogP contribution is -2.34. The number of hydrogen-bond donors (Lipinski definition) is 2. The zero-order valence-corrected chi connectivity index (χ0v) is 7.47. The van der Waals surface area contributed by atoms with Crippen LogP contribution < -0.4 is 5.32 Å². The van der Waals surface area contributed by atoms with Crippen LogP contribution in [0.25, 0.3) is 0 Å². The lowest BCUT2D eigenvalue weighted by Gasteiger charge is -2.27. The predicted octanol–water partition coefficient (Wildman–Crippen LogP) is 1.85. The van der Waals surface area contributed by atoms with E-state index >= 15 is 0 Å². The van der Waals surface area contributed by atoms with Crippen LogP contribution >= 0.6 is 12.4 Å². The van der Waals surface area contributed by atoms with Crippen LogP contribution in [0.4, 0.5) is 0 Å². The topological polar surface area (TPSA) is 32.3 Å². The van der Waals surface area contributed by atoms with Crippen molar-refractivity contribution in [3.63, 3.8) is 0 Å². The molecule has 0 unspecified atom stereocenters. The Hall–Kier alpha value is -0.730. The summed E-state index contributed by atoms with van der Waals surface area (Å²) >= 11 is 0. The van der Waals surface area contributed by atoms with Gasteiger partial charge in [-0.25, -0.2) is 0 Å². The number of hydrogen-bond acceptors (Lipinski definition) is 2. The molecule has 0 aliphatic carbocycles. The van der Waals surface area contributed by atoms with Gasteiger partial charge >= 0.3 is 0 Å². The van der Waals surface area contributed by atoms with E-state index in [0.717, 1.165) is 6.54 Å². The second-order valence-corrected chi connectivity index (χ2v) is 2.89. The Morgan fingerprint density at radius 1 is 1.25 bits per heavy atom. The van der Waals surface area contributed by atoms with Crippen molar-refractivity contribution in [2.75, 3.05) is 6.54 Å². The molecule has 0 saturated carbocycles. The third-order valence-electron chi connectivity index (χ3n) is 2.12. The number of nitrogens with one attached hydrogen (secondary N) is 1. The van der Waals surface area contributed by atoms with E-state index in [1.807, 2.05) is 12.1 Å². The normalized spacial score (nSPS) is 20.8. The van der Waals surface area contributed by atoms with Crippen LogP contribution in [0.5, 0.6) is 5.75 Å². The number of halogens is 1. The summed E-state index contributed by atoms with van der Waals surface area (Å²) < 4.78 is 0. The maximum atomic E-state index is 9.01. The molecule has 0 aromatic heterocycles. The van der Waals surface area contributed by atoms with Gasteiger partial charge in [-0.05, 0) is 30.7 Å². The highest BCUT2D eigenvalue weighted by atomic mass is 35.5. The number of phenolic OH excluding ortho intramolecular Hbond substituents is 1.